The molecule has 0 radical (unpaired) electrons. The van der Waals surface area contributed by atoms with Crippen molar-refractivity contribution in [1.29, 1.82) is 0 Å². The van der Waals surface area contributed by atoms with Gasteiger partial charge in [-0.1, -0.05) is 188 Å². The van der Waals surface area contributed by atoms with E-state index in [0.29, 0.717) is 0 Å². The maximum absolute atomic E-state index is 7.19. The number of anilines is 1. The molecule has 10 aromatic carbocycles. The smallest absolute Gasteiger partial charge is 0.341 e. The summed E-state index contributed by atoms with van der Waals surface area (Å²) < 4.78 is 16.6. The van der Waals surface area contributed by atoms with Crippen molar-refractivity contribution in [2.75, 3.05) is 11.7 Å². The van der Waals surface area contributed by atoms with Crippen molar-refractivity contribution in [2.45, 2.75) is 0 Å². The molecule has 1 aromatic heterocycles. The lowest BCUT2D eigenvalue weighted by molar-refractivity contribution is 0.638. The molecule has 0 atom stereocenters. The molecule has 0 saturated heterocycles. The van der Waals surface area contributed by atoms with Gasteiger partial charge in [0.05, 0.1) is 5.69 Å². The first-order valence-electron chi connectivity index (χ1n) is 19.6. The van der Waals surface area contributed by atoms with Crippen molar-refractivity contribution in [3.05, 3.63) is 206 Å². The van der Waals surface area contributed by atoms with Gasteiger partial charge in [-0.2, -0.15) is 0 Å². The number of fused-ring (bicyclic) bond motifs is 9. The Morgan fingerprint density at radius 3 is 1.29 bits per heavy atom. The Morgan fingerprint density at radius 2 is 0.776 bits per heavy atom. The molecule has 0 amide bonds. The molecule has 11 rings (SSSR count). The van der Waals surface area contributed by atoms with E-state index in [0.717, 1.165) is 49.2 Å². The summed E-state index contributed by atoms with van der Waals surface area (Å²) in [5.41, 5.74) is 5.08. The minimum atomic E-state index is -1.70. The largest absolute Gasteiger partial charge is 0.404 e. The third-order valence-corrected chi connectivity index (χ3v) is 15.2. The lowest BCUT2D eigenvalue weighted by Crippen LogP contribution is -2.22. The van der Waals surface area contributed by atoms with Gasteiger partial charge >= 0.3 is 8.16 Å². The molecule has 58 heavy (non-hydrogen) atoms. The Kier molecular flexibility index (Phi) is 8.59. The summed E-state index contributed by atoms with van der Waals surface area (Å²) in [4.78, 5) is 0. The second-order valence-electron chi connectivity index (χ2n) is 14.6. The van der Waals surface area contributed by atoms with Crippen molar-refractivity contribution in [2.24, 2.45) is 0 Å². The molecular weight excluding hydrogens is 745 g/mol. The molecule has 0 aliphatic rings. The number of hydrogen-bond acceptors (Lipinski definition) is 3. The van der Waals surface area contributed by atoms with Gasteiger partial charge in [0.1, 0.15) is 11.2 Å². The zero-order valence-electron chi connectivity index (χ0n) is 31.8. The Morgan fingerprint density at radius 1 is 0.379 bits per heavy atom. The second-order valence-corrected chi connectivity index (χ2v) is 18.3. The lowest BCUT2D eigenvalue weighted by atomic mass is 9.92. The molecule has 0 fully saturated rings. The van der Waals surface area contributed by atoms with Crippen molar-refractivity contribution in [3.63, 3.8) is 0 Å². The number of hydrogen-bond donors (Lipinski definition) is 0. The first-order valence-corrected chi connectivity index (χ1v) is 22.1. The van der Waals surface area contributed by atoms with E-state index in [1.165, 1.54) is 48.6 Å². The highest BCUT2D eigenvalue weighted by Gasteiger charge is 2.27. The Bertz CT molecular complexity index is 3240. The lowest BCUT2D eigenvalue weighted by Gasteiger charge is -2.27. The molecule has 0 aliphatic heterocycles. The topological polar surface area (TPSA) is 29.5 Å². The highest BCUT2D eigenvalue weighted by atomic mass is 31.1. The minimum Gasteiger partial charge on any atom is -0.404 e. The molecule has 5 heteroatoms. The van der Waals surface area contributed by atoms with Gasteiger partial charge < -0.3 is 8.39 Å². The van der Waals surface area contributed by atoms with Crippen molar-refractivity contribution >= 4 is 103 Å². The van der Waals surface area contributed by atoms with Crippen molar-refractivity contribution in [3.8, 4) is 11.1 Å². The number of nitrogens with zero attached hydrogens (tertiary/aromatic N) is 1. The maximum Gasteiger partial charge on any atom is 0.341 e. The van der Waals surface area contributed by atoms with Gasteiger partial charge in [-0.15, -0.1) is 0 Å². The van der Waals surface area contributed by atoms with Crippen LogP contribution < -0.4 is 20.6 Å². The summed E-state index contributed by atoms with van der Waals surface area (Å²) in [7, 11) is -0.515. The quantitative estimate of drug-likeness (QED) is 0.157. The van der Waals surface area contributed by atoms with E-state index in [4.69, 9.17) is 8.39 Å². The van der Waals surface area contributed by atoms with Gasteiger partial charge in [0.25, 0.3) is 0 Å². The molecule has 276 valence electrons. The fourth-order valence-electron chi connectivity index (χ4n) is 8.65. The predicted molar refractivity (Wildman–Crippen MR) is 251 cm³/mol. The van der Waals surface area contributed by atoms with E-state index >= 15 is 0 Å². The molecule has 11 aromatic rings. The van der Waals surface area contributed by atoms with Crippen LogP contribution in [0.15, 0.2) is 215 Å². The maximum atomic E-state index is 7.19. The summed E-state index contributed by atoms with van der Waals surface area (Å²) in [5, 5.41) is 15.4. The predicted octanol–water partition coefficient (Wildman–Crippen LogP) is 14.2. The minimum absolute atomic E-state index is 0.816. The first-order chi connectivity index (χ1) is 28.7. The van der Waals surface area contributed by atoms with Crippen LogP contribution in [0, 0.1) is 0 Å². The fraction of sp³-hybridized carbons (Fsp3) is 0.0189. The fourth-order valence-corrected chi connectivity index (χ4v) is 12.4. The van der Waals surface area contributed by atoms with Crippen LogP contribution in [0.2, 0.25) is 0 Å². The monoisotopic (exact) mass is 781 g/mol. The van der Waals surface area contributed by atoms with Crippen LogP contribution in [-0.2, 0) is 0 Å². The van der Waals surface area contributed by atoms with Crippen LogP contribution in [0.25, 0.3) is 76.2 Å². The van der Waals surface area contributed by atoms with Crippen molar-refractivity contribution in [1.82, 2.24) is 0 Å². The van der Waals surface area contributed by atoms with Crippen LogP contribution in [0.1, 0.15) is 0 Å². The average molecular weight is 782 g/mol. The average Bonchev–Trinajstić information content (AvgIpc) is 3.47. The summed E-state index contributed by atoms with van der Waals surface area (Å²) in [5.74, 6) is 0. The number of benzene rings is 10. The third-order valence-electron chi connectivity index (χ3n) is 11.3. The standard InChI is InChI=1S/C53H37NO2P2/c1-54(58-55-47-33-29-37-17-9-13-25-43(37)51(47)52-44-26-14-10-18-38(44)30-34-48(52)56-58)46-32-28-36-16-8-12-24-42(36)50(46)53-45-27-15-11-19-39(45)31-35-49(53)57(40-20-4-2-5-21-40)41-22-6-3-7-23-41/h2-35H,1H3. The van der Waals surface area contributed by atoms with Gasteiger partial charge in [0.15, 0.2) is 0 Å². The zero-order chi connectivity index (χ0) is 38.6. The Balaban J connectivity index is 1.24. The highest BCUT2D eigenvalue weighted by molar-refractivity contribution is 7.80. The van der Waals surface area contributed by atoms with Gasteiger partial charge in [-0.05, 0) is 85.1 Å². The van der Waals surface area contributed by atoms with Crippen molar-refractivity contribution < 1.29 is 8.39 Å². The summed E-state index contributed by atoms with van der Waals surface area (Å²) >= 11 is 0. The molecule has 0 N–H and O–H groups in total. The Labute approximate surface area is 338 Å². The van der Waals surface area contributed by atoms with Crippen LogP contribution >= 0.6 is 16.1 Å². The molecule has 0 bridgehead atoms. The van der Waals surface area contributed by atoms with E-state index < -0.39 is 16.1 Å². The van der Waals surface area contributed by atoms with E-state index in [1.807, 2.05) is 0 Å². The van der Waals surface area contributed by atoms with Crippen LogP contribution in [0.4, 0.5) is 5.69 Å². The van der Waals surface area contributed by atoms with E-state index in [2.05, 4.69) is 218 Å². The van der Waals surface area contributed by atoms with Gasteiger partial charge in [0, 0.05) is 28.9 Å². The van der Waals surface area contributed by atoms with E-state index in [9.17, 15) is 0 Å². The summed E-state index contributed by atoms with van der Waals surface area (Å²) in [6.07, 6.45) is 0. The molecule has 3 nitrogen and oxygen atoms in total. The molecule has 0 saturated carbocycles. The highest BCUT2D eigenvalue weighted by Crippen LogP contribution is 2.50. The molecular formula is C53H37NO2P2. The molecule has 1 heterocycles. The Hall–Kier alpha value is -6.63. The first kappa shape index (κ1) is 34.6. The SMILES string of the molecule is CN(c1ccc2ccccc2c1-c1c(P(c2ccccc2)c2ccccc2)ccc2ccccc12)p1oc2ccc3ccccc3c2c2c(ccc3ccccc32)o1. The van der Waals surface area contributed by atoms with Gasteiger partial charge in [-0.3, -0.25) is 4.67 Å². The molecule has 0 aliphatic carbocycles. The van der Waals surface area contributed by atoms with Crippen LogP contribution in [0.5, 0.6) is 0 Å². The second kappa shape index (κ2) is 14.4. The molecule has 0 unspecified atom stereocenters. The van der Waals surface area contributed by atoms with Crippen LogP contribution in [0.3, 0.4) is 0 Å². The molecule has 0 spiro atoms. The van der Waals surface area contributed by atoms with E-state index in [1.54, 1.807) is 0 Å². The van der Waals surface area contributed by atoms with Gasteiger partial charge in [0.2, 0.25) is 0 Å². The normalized spacial score (nSPS) is 11.7. The van der Waals surface area contributed by atoms with Crippen LogP contribution in [-0.4, -0.2) is 7.05 Å². The summed E-state index contributed by atoms with van der Waals surface area (Å²) in [6, 6.07) is 74.5. The zero-order valence-corrected chi connectivity index (χ0v) is 33.6. The number of rotatable bonds is 6. The van der Waals surface area contributed by atoms with E-state index in [-0.39, 0.29) is 0 Å². The third kappa shape index (κ3) is 5.78. The summed E-state index contributed by atoms with van der Waals surface area (Å²) in [6.45, 7) is 0. The van der Waals surface area contributed by atoms with Gasteiger partial charge in [-0.25, -0.2) is 0 Å².